The number of hydrogen-bond donors (Lipinski definition) is 1. The molecular formula is C23H22F3N3O3. The van der Waals surface area contributed by atoms with E-state index in [9.17, 15) is 22.8 Å². The number of hydrogen-bond acceptors (Lipinski definition) is 6. The second-order valence-corrected chi connectivity index (χ2v) is 7.42. The van der Waals surface area contributed by atoms with Gasteiger partial charge >= 0.3 is 12.1 Å². The number of carbonyl (C=O) groups is 2. The number of nitrogens with zero attached hydrogens (tertiary/aromatic N) is 2. The van der Waals surface area contributed by atoms with Crippen molar-refractivity contribution >= 4 is 17.5 Å². The summed E-state index contributed by atoms with van der Waals surface area (Å²) < 4.78 is 44.6. The summed E-state index contributed by atoms with van der Waals surface area (Å²) in [6.07, 6.45) is -1.61. The molecule has 2 heterocycles. The van der Waals surface area contributed by atoms with E-state index in [0.29, 0.717) is 22.4 Å². The number of rotatable bonds is 5. The lowest BCUT2D eigenvalue weighted by Crippen LogP contribution is -2.36. The highest BCUT2D eigenvalue weighted by atomic mass is 19.4. The van der Waals surface area contributed by atoms with Gasteiger partial charge < -0.3 is 10.5 Å². The Morgan fingerprint density at radius 1 is 1.16 bits per heavy atom. The smallest absolute Gasteiger partial charge is 0.416 e. The lowest BCUT2D eigenvalue weighted by Gasteiger charge is -2.31. The SMILES string of the molecule is CCOC(=O)C1=C(N)N=C(C)[C@H](C(C)=O)C1c1cncc(-c2cccc(C(F)(F)F)c2)c1. The number of ketones is 1. The molecule has 0 saturated carbocycles. The molecule has 1 aliphatic heterocycles. The minimum absolute atomic E-state index is 0.0284. The maximum absolute atomic E-state index is 13.2. The van der Waals surface area contributed by atoms with Gasteiger partial charge in [0, 0.05) is 29.6 Å². The molecule has 32 heavy (non-hydrogen) atoms. The molecule has 2 aromatic rings. The first-order valence-corrected chi connectivity index (χ1v) is 9.89. The maximum Gasteiger partial charge on any atom is 0.416 e. The quantitative estimate of drug-likeness (QED) is 0.694. The zero-order valence-corrected chi connectivity index (χ0v) is 17.7. The first kappa shape index (κ1) is 23.2. The van der Waals surface area contributed by atoms with Gasteiger partial charge in [-0.1, -0.05) is 12.1 Å². The van der Waals surface area contributed by atoms with E-state index in [1.54, 1.807) is 19.9 Å². The van der Waals surface area contributed by atoms with E-state index in [-0.39, 0.29) is 23.8 Å². The number of alkyl halides is 3. The van der Waals surface area contributed by atoms with Gasteiger partial charge in [-0.3, -0.25) is 9.78 Å². The Bertz CT molecular complexity index is 1120. The predicted molar refractivity (Wildman–Crippen MR) is 113 cm³/mol. The Labute approximate surface area is 183 Å². The second kappa shape index (κ2) is 8.94. The van der Waals surface area contributed by atoms with E-state index in [1.807, 2.05) is 0 Å². The van der Waals surface area contributed by atoms with Crippen LogP contribution in [0.25, 0.3) is 11.1 Å². The summed E-state index contributed by atoms with van der Waals surface area (Å²) in [5.74, 6) is -2.63. The highest BCUT2D eigenvalue weighted by molar-refractivity contribution is 6.08. The molecule has 9 heteroatoms. The Kier molecular flexibility index (Phi) is 6.47. The summed E-state index contributed by atoms with van der Waals surface area (Å²) in [5.41, 5.74) is 6.85. The van der Waals surface area contributed by atoms with Crippen molar-refractivity contribution in [3.63, 3.8) is 0 Å². The average molecular weight is 445 g/mol. The van der Waals surface area contributed by atoms with Crippen molar-refractivity contribution in [2.24, 2.45) is 16.6 Å². The van der Waals surface area contributed by atoms with Crippen molar-refractivity contribution in [2.75, 3.05) is 6.61 Å². The first-order valence-electron chi connectivity index (χ1n) is 9.89. The van der Waals surface area contributed by atoms with Crippen LogP contribution in [0, 0.1) is 5.92 Å². The predicted octanol–water partition coefficient (Wildman–Crippen LogP) is 4.26. The van der Waals surface area contributed by atoms with Crippen LogP contribution in [0.4, 0.5) is 13.2 Å². The number of Topliss-reactive ketones (excluding diaryl/α,β-unsaturated/α-hetero) is 1. The van der Waals surface area contributed by atoms with Crippen molar-refractivity contribution in [2.45, 2.75) is 32.9 Å². The standard InChI is InChI=1S/C23H22F3N3O3/c1-4-32-22(31)20-19(18(13(3)30)12(2)29-21(20)27)16-8-15(10-28-11-16)14-6-5-7-17(9-14)23(24,25)26/h5-11,18-19H,4,27H2,1-3H3/t18-,19?/m1/s1. The fourth-order valence-electron chi connectivity index (χ4n) is 3.88. The number of pyridine rings is 1. The molecule has 3 rings (SSSR count). The molecule has 0 bridgehead atoms. The molecule has 2 atom stereocenters. The fraction of sp³-hybridized carbons (Fsp3) is 0.304. The molecule has 1 aromatic heterocycles. The van der Waals surface area contributed by atoms with E-state index in [4.69, 9.17) is 10.5 Å². The molecule has 1 aliphatic rings. The second-order valence-electron chi connectivity index (χ2n) is 7.42. The molecule has 168 valence electrons. The van der Waals surface area contributed by atoms with Crippen molar-refractivity contribution in [1.29, 1.82) is 0 Å². The van der Waals surface area contributed by atoms with Crippen molar-refractivity contribution in [1.82, 2.24) is 4.98 Å². The van der Waals surface area contributed by atoms with Gasteiger partial charge in [-0.2, -0.15) is 13.2 Å². The fourth-order valence-corrected chi connectivity index (χ4v) is 3.88. The topological polar surface area (TPSA) is 94.6 Å². The molecule has 0 saturated heterocycles. The summed E-state index contributed by atoms with van der Waals surface area (Å²) >= 11 is 0. The first-order chi connectivity index (χ1) is 15.0. The van der Waals surface area contributed by atoms with Crippen LogP contribution in [-0.4, -0.2) is 29.1 Å². The zero-order chi connectivity index (χ0) is 23.6. The minimum Gasteiger partial charge on any atom is -0.463 e. The molecule has 2 N–H and O–H groups in total. The Hall–Kier alpha value is -3.49. The molecule has 6 nitrogen and oxygen atoms in total. The van der Waals surface area contributed by atoms with Gasteiger partial charge in [-0.05, 0) is 50.1 Å². The highest BCUT2D eigenvalue weighted by Crippen LogP contribution is 2.40. The van der Waals surface area contributed by atoms with Crippen LogP contribution in [-0.2, 0) is 20.5 Å². The van der Waals surface area contributed by atoms with E-state index >= 15 is 0 Å². The average Bonchev–Trinajstić information content (AvgIpc) is 2.72. The van der Waals surface area contributed by atoms with Gasteiger partial charge in [-0.15, -0.1) is 0 Å². The molecule has 0 radical (unpaired) electrons. The molecule has 1 aromatic carbocycles. The molecule has 1 unspecified atom stereocenters. The number of aliphatic imine (C=N–C) groups is 1. The molecule has 0 fully saturated rings. The molecule has 0 spiro atoms. The Morgan fingerprint density at radius 3 is 2.50 bits per heavy atom. The zero-order valence-electron chi connectivity index (χ0n) is 17.7. The summed E-state index contributed by atoms with van der Waals surface area (Å²) in [6.45, 7) is 4.75. The highest BCUT2D eigenvalue weighted by Gasteiger charge is 2.40. The van der Waals surface area contributed by atoms with Crippen LogP contribution in [0.1, 0.15) is 37.8 Å². The van der Waals surface area contributed by atoms with Gasteiger partial charge in [0.1, 0.15) is 11.6 Å². The number of esters is 1. The van der Waals surface area contributed by atoms with E-state index < -0.39 is 29.5 Å². The molecule has 0 amide bonds. The normalized spacial score (nSPS) is 18.9. The van der Waals surface area contributed by atoms with Crippen LogP contribution < -0.4 is 5.73 Å². The molecular weight excluding hydrogens is 423 g/mol. The molecule has 0 aliphatic carbocycles. The van der Waals surface area contributed by atoms with E-state index in [2.05, 4.69) is 9.98 Å². The summed E-state index contributed by atoms with van der Waals surface area (Å²) in [5, 5.41) is 0. The third-order valence-corrected chi connectivity index (χ3v) is 5.24. The monoisotopic (exact) mass is 445 g/mol. The van der Waals surface area contributed by atoms with Crippen molar-refractivity contribution in [3.05, 3.63) is 65.2 Å². The van der Waals surface area contributed by atoms with Gasteiger partial charge in [0.2, 0.25) is 0 Å². The summed E-state index contributed by atoms with van der Waals surface area (Å²) in [6, 6.07) is 6.45. The summed E-state index contributed by atoms with van der Waals surface area (Å²) in [4.78, 5) is 33.5. The van der Waals surface area contributed by atoms with Crippen LogP contribution in [0.15, 0.2) is 59.1 Å². The van der Waals surface area contributed by atoms with Gasteiger partial charge in [0.25, 0.3) is 0 Å². The number of nitrogens with two attached hydrogens (primary N) is 1. The van der Waals surface area contributed by atoms with Crippen LogP contribution in [0.5, 0.6) is 0 Å². The third-order valence-electron chi connectivity index (χ3n) is 5.24. The maximum atomic E-state index is 13.2. The number of halogens is 3. The third kappa shape index (κ3) is 4.56. The van der Waals surface area contributed by atoms with Crippen molar-refractivity contribution in [3.8, 4) is 11.1 Å². The number of benzene rings is 1. The van der Waals surface area contributed by atoms with E-state index in [0.717, 1.165) is 12.1 Å². The lowest BCUT2D eigenvalue weighted by atomic mass is 9.74. The van der Waals surface area contributed by atoms with Crippen LogP contribution in [0.3, 0.4) is 0 Å². The van der Waals surface area contributed by atoms with E-state index in [1.165, 1.54) is 31.5 Å². The largest absolute Gasteiger partial charge is 0.463 e. The minimum atomic E-state index is -4.49. The number of ether oxygens (including phenoxy) is 1. The van der Waals surface area contributed by atoms with Crippen LogP contribution >= 0.6 is 0 Å². The van der Waals surface area contributed by atoms with Gasteiger partial charge in [-0.25, -0.2) is 9.79 Å². The summed E-state index contributed by atoms with van der Waals surface area (Å²) in [7, 11) is 0. The number of aromatic nitrogens is 1. The Morgan fingerprint density at radius 2 is 1.88 bits per heavy atom. The van der Waals surface area contributed by atoms with Crippen LogP contribution in [0.2, 0.25) is 0 Å². The van der Waals surface area contributed by atoms with Gasteiger partial charge in [0.05, 0.1) is 23.7 Å². The van der Waals surface area contributed by atoms with Crippen molar-refractivity contribution < 1.29 is 27.5 Å². The Balaban J connectivity index is 2.15. The number of carbonyl (C=O) groups excluding carboxylic acids is 2. The van der Waals surface area contributed by atoms with Gasteiger partial charge in [0.15, 0.2) is 0 Å². The lowest BCUT2D eigenvalue weighted by molar-refractivity contribution is -0.139.